The fourth-order valence-electron chi connectivity index (χ4n) is 14.9. The minimum atomic E-state index is -3.51. The van der Waals surface area contributed by atoms with E-state index in [9.17, 15) is 48.1 Å². The number of benzene rings is 10. The summed E-state index contributed by atoms with van der Waals surface area (Å²) in [4.78, 5) is 60.5. The number of aliphatic hydroxyl groups excluding tert-OH is 1. The Labute approximate surface area is 882 Å². The zero-order chi connectivity index (χ0) is 109. The predicted molar refractivity (Wildman–Crippen MR) is 616 cm³/mol. The fraction of sp³-hybridized carbons (Fsp3) is 0.339. The smallest absolute Gasteiger partial charge is 0.324 e. The fourth-order valence-corrected chi connectivity index (χ4v) is 19.8. The molecule has 804 valence electrons. The second kappa shape index (κ2) is 62.5. The van der Waals surface area contributed by atoms with Crippen LogP contribution < -0.4 is 82.8 Å². The zero-order valence-electron chi connectivity index (χ0n) is 89.0. The predicted octanol–water partition coefficient (Wildman–Crippen LogP) is 16.8. The highest BCUT2D eigenvalue weighted by atomic mass is 32.2. The van der Waals surface area contributed by atoms with Crippen molar-refractivity contribution in [3.8, 4) is 22.5 Å². The molecule has 5 amide bonds. The van der Waals surface area contributed by atoms with Crippen molar-refractivity contribution in [1.29, 1.82) is 0 Å². The van der Waals surface area contributed by atoms with E-state index in [4.69, 9.17) is 5.11 Å². The van der Waals surface area contributed by atoms with E-state index in [0.29, 0.717) is 35.1 Å². The first kappa shape index (κ1) is 121. The molecule has 12 aromatic rings. The maximum Gasteiger partial charge on any atom is 0.324 e. The van der Waals surface area contributed by atoms with Crippen LogP contribution in [0, 0.1) is 6.92 Å². The van der Waals surface area contributed by atoms with E-state index in [1.807, 2.05) is 197 Å². The SMILES string of the molecule is C=C(NC)c1cccc(NC)c1.CCN(C)S(=O)(=O)c1cccc(NC)c1.CCS(=O)(=O)N(CC(=O)N(C)C)c1cccc(NC)c1.CNc1cccc(-c2ccnc(C)n2)c1.CNc1cccc(-c2cnc[nH]2)c1.CNc1cccc(N2CCCCC2)c1.CNc1cccc(N2CCN(C)C2=O)c1.CNc1cccc(N2CCNC2=O)c1.CNc1cccc(S(=O)(=O)CCO)c1.CNc1cccc(S(=O)(=O)N2CCCCC2)c1. The van der Waals surface area contributed by atoms with Gasteiger partial charge in [0, 0.05) is 262 Å². The molecule has 2 aromatic heterocycles. The van der Waals surface area contributed by atoms with E-state index < -0.39 is 39.9 Å². The van der Waals surface area contributed by atoms with E-state index in [0.717, 1.165) is 152 Å². The molecule has 14 N–H and O–H groups in total. The molecule has 0 radical (unpaired) electrons. The van der Waals surface area contributed by atoms with E-state index >= 15 is 0 Å². The molecule has 0 aliphatic carbocycles. The quantitative estimate of drug-likeness (QED) is 0.0199. The zero-order valence-corrected chi connectivity index (χ0v) is 92.3. The summed E-state index contributed by atoms with van der Waals surface area (Å²) < 4.78 is 100. The first-order valence-electron chi connectivity index (χ1n) is 49.3. The summed E-state index contributed by atoms with van der Waals surface area (Å²) in [5.41, 5.74) is 19.7. The molecule has 0 bridgehead atoms. The molecule has 4 aliphatic rings. The van der Waals surface area contributed by atoms with Crippen LogP contribution in [-0.2, 0) is 44.7 Å². The Bertz CT molecular complexity index is 6640. The number of carbonyl (C=O) groups excluding carboxylic acids is 3. The topological polar surface area (TPSA) is 433 Å². The van der Waals surface area contributed by atoms with Gasteiger partial charge in [-0.1, -0.05) is 98.8 Å². The van der Waals surface area contributed by atoms with Crippen LogP contribution in [0.5, 0.6) is 0 Å². The second-order valence-electron chi connectivity index (χ2n) is 34.1. The van der Waals surface area contributed by atoms with Crippen molar-refractivity contribution in [2.45, 2.75) is 74.0 Å². The first-order valence-corrected chi connectivity index (χ1v) is 55.4. The molecule has 4 saturated heterocycles. The van der Waals surface area contributed by atoms with Crippen molar-refractivity contribution < 1.29 is 53.2 Å². The van der Waals surface area contributed by atoms with Crippen LogP contribution in [0.25, 0.3) is 28.2 Å². The number of hydrogen-bond acceptors (Lipinski definition) is 27. The number of piperidine rings is 2. The molecule has 0 atom stereocenters. The van der Waals surface area contributed by atoms with Gasteiger partial charge >= 0.3 is 12.1 Å². The largest absolute Gasteiger partial charge is 0.395 e. The molecule has 6 heterocycles. The van der Waals surface area contributed by atoms with Crippen LogP contribution in [0.3, 0.4) is 0 Å². The molecule has 36 nitrogen and oxygen atoms in total. The molecule has 10 aromatic carbocycles. The van der Waals surface area contributed by atoms with Crippen LogP contribution in [0.4, 0.5) is 89.2 Å². The number of rotatable bonds is 30. The van der Waals surface area contributed by atoms with Crippen molar-refractivity contribution >= 4 is 143 Å². The molecule has 40 heteroatoms. The van der Waals surface area contributed by atoms with Gasteiger partial charge in [0.25, 0.3) is 0 Å². The number of hydrogen-bond donors (Lipinski definition) is 14. The van der Waals surface area contributed by atoms with Crippen LogP contribution in [0.1, 0.15) is 63.8 Å². The highest BCUT2D eigenvalue weighted by molar-refractivity contribution is 7.92. The molecule has 16 rings (SSSR count). The standard InChI is InChI=1S/C13H21N3O3S.C12H13N3.C12H18N2O2S.C12H18N2.C11H15N3O.C10H13N3O.C10H11N3.C10H16N2O2S.C10H14N2.C9H13NO3S/c1-5-20(18,19)16(10-13(17)15(3)4)12-8-6-7-11(9-12)14-2;1-9-14-7-6-12(15-9)10-4-3-5-11(8-10)13-2;1-13-11-6-5-7-12(10-11)17(15,16)14-8-3-2-4-9-14;1-13-11-6-5-7-12(10-11)14-8-3-2-4-9-14;1-12-9-4-3-5-10(8-9)14-7-6-13(2)11(14)15;1-11-8-3-2-4-9(7-8)13-6-5-12-10(13)14;1-11-9-4-2-3-8(5-9)10-6-12-7-13-10;1-4-12(3)15(13,14)10-7-5-6-9(8-10)11-2;1-8(11-2)9-5-4-6-10(7-9)12-3;1-10-8-3-2-4-9(7-8)14(12,13)6-5-11/h6-9,14H,5,10H2,1-4H3;3-8,13H,1-2H3;5-7,10,13H,2-4,8-9H2,1H3;5-7,10,13H,2-4,8-9H2,1H3;3-5,8,12H,6-7H2,1-2H3;2-4,7,11H,5-6H2,1H3,(H,12,14);2-7,11H,1H3,(H,12,13);5-8,11H,4H2,1-3H3;4-7,11-12H,1H2,2-3H3;2-4,7,10-11H,5-6H2,1H3. The molecular formula is C109H152N24O12S4. The van der Waals surface area contributed by atoms with Crippen molar-refractivity contribution in [2.24, 2.45) is 0 Å². The van der Waals surface area contributed by atoms with Crippen molar-refractivity contribution in [3.05, 3.63) is 285 Å². The number of sulfone groups is 1. The molecule has 4 aliphatic heterocycles. The molecular weight excluding hydrogens is 1970 g/mol. The monoisotopic (exact) mass is 2120 g/mol. The number of carbonyl (C=O) groups is 3. The minimum absolute atomic E-state index is 0.0155. The summed E-state index contributed by atoms with van der Waals surface area (Å²) in [7, 11) is 13.4. The second-order valence-corrected chi connectivity index (χ2v) is 42.4. The number of sulfonamides is 3. The normalized spacial score (nSPS) is 13.0. The third-order valence-corrected chi connectivity index (χ3v) is 31.2. The summed E-state index contributed by atoms with van der Waals surface area (Å²) in [5, 5.41) is 44.6. The van der Waals surface area contributed by atoms with Gasteiger partial charge < -0.3 is 88.6 Å². The number of amides is 5. The molecule has 149 heavy (non-hydrogen) atoms. The number of imidazole rings is 1. The Hall–Kier alpha value is -14.7. The summed E-state index contributed by atoms with van der Waals surface area (Å²) in [6.45, 7) is 15.8. The molecule has 0 spiro atoms. The van der Waals surface area contributed by atoms with Gasteiger partial charge in [0.1, 0.15) is 12.4 Å². The Morgan fingerprint density at radius 3 is 1.38 bits per heavy atom. The van der Waals surface area contributed by atoms with Crippen LogP contribution in [0.2, 0.25) is 0 Å². The maximum absolute atomic E-state index is 12.4. The number of aromatic amines is 1. The number of urea groups is 2. The summed E-state index contributed by atoms with van der Waals surface area (Å²) >= 11 is 0. The number of aryl methyl sites for hydroxylation is 1. The van der Waals surface area contributed by atoms with Gasteiger partial charge in [-0.05, 0) is 221 Å². The van der Waals surface area contributed by atoms with Crippen LogP contribution in [0.15, 0.2) is 289 Å². The molecule has 0 unspecified atom stereocenters. The molecule has 0 saturated carbocycles. The average molecular weight is 2120 g/mol. The lowest BCUT2D eigenvalue weighted by atomic mass is 10.1. The maximum atomic E-state index is 12.4. The lowest BCUT2D eigenvalue weighted by Crippen LogP contribution is -2.41. The Morgan fingerprint density at radius 2 is 0.906 bits per heavy atom. The number of aliphatic hydroxyl groups is 1. The highest BCUT2D eigenvalue weighted by Gasteiger charge is 2.30. The van der Waals surface area contributed by atoms with Crippen molar-refractivity contribution in [2.75, 3.05) is 261 Å². The number of anilines is 14. The van der Waals surface area contributed by atoms with E-state index in [2.05, 4.69) is 138 Å². The van der Waals surface area contributed by atoms with E-state index in [-0.39, 0.29) is 47.5 Å². The van der Waals surface area contributed by atoms with Crippen molar-refractivity contribution in [3.63, 3.8) is 0 Å². The van der Waals surface area contributed by atoms with Gasteiger partial charge in [0.2, 0.25) is 36.0 Å². The summed E-state index contributed by atoms with van der Waals surface area (Å²) in [6.07, 6.45) is 12.4. The van der Waals surface area contributed by atoms with Crippen molar-refractivity contribution in [1.82, 2.24) is 49.0 Å². The average Bonchev–Trinajstić information content (AvgIpc) is 1.55. The Kier molecular flexibility index (Phi) is 50.8. The van der Waals surface area contributed by atoms with Gasteiger partial charge in [0.05, 0.1) is 62.4 Å². The number of nitrogens with one attached hydrogen (secondary N) is 13. The number of likely N-dealkylation sites (N-methyl/N-ethyl adjacent to an activating group) is 2. The lowest BCUT2D eigenvalue weighted by Gasteiger charge is -2.29. The third kappa shape index (κ3) is 38.5. The molecule has 4 fully saturated rings. The van der Waals surface area contributed by atoms with Crippen LogP contribution in [-0.4, -0.2) is 284 Å². The third-order valence-electron chi connectivity index (χ3n) is 23.9. The van der Waals surface area contributed by atoms with Crippen LogP contribution >= 0.6 is 0 Å². The first-order chi connectivity index (χ1) is 71.5. The van der Waals surface area contributed by atoms with Gasteiger partial charge in [-0.3, -0.25) is 18.9 Å². The number of aromatic nitrogens is 4. The van der Waals surface area contributed by atoms with Gasteiger partial charge in [0.15, 0.2) is 9.84 Å². The number of nitrogens with zero attached hydrogens (tertiary/aromatic N) is 11. The lowest BCUT2D eigenvalue weighted by molar-refractivity contribution is -0.127. The van der Waals surface area contributed by atoms with Gasteiger partial charge in [-0.2, -0.15) is 4.31 Å². The Balaban J connectivity index is 0.000000224. The Morgan fingerprint density at radius 1 is 0.470 bits per heavy atom. The minimum Gasteiger partial charge on any atom is -0.395 e. The van der Waals surface area contributed by atoms with Gasteiger partial charge in [-0.15, -0.1) is 0 Å². The highest BCUT2D eigenvalue weighted by Crippen LogP contribution is 2.31. The number of H-pyrrole nitrogens is 1. The van der Waals surface area contributed by atoms with Gasteiger partial charge in [-0.25, -0.2) is 62.5 Å². The van der Waals surface area contributed by atoms with E-state index in [1.165, 1.54) is 59.0 Å². The summed E-state index contributed by atoms with van der Waals surface area (Å²) in [6, 6.07) is 77.9. The summed E-state index contributed by atoms with van der Waals surface area (Å²) in [5.74, 6) is 0.233. The van der Waals surface area contributed by atoms with E-state index in [1.54, 1.807) is 168 Å².